The molecule has 25 heavy (non-hydrogen) atoms. The van der Waals surface area contributed by atoms with Crippen LogP contribution in [0.2, 0.25) is 0 Å². The fourth-order valence-corrected chi connectivity index (χ4v) is 3.06. The number of aliphatic hydroxyl groups excluding tert-OH is 1. The van der Waals surface area contributed by atoms with Gasteiger partial charge < -0.3 is 24.2 Å². The number of anilines is 1. The van der Waals surface area contributed by atoms with Crippen LogP contribution in [0.15, 0.2) is 18.5 Å². The van der Waals surface area contributed by atoms with Crippen LogP contribution < -0.4 is 14.4 Å². The van der Waals surface area contributed by atoms with Crippen molar-refractivity contribution in [2.75, 3.05) is 38.8 Å². The molecule has 1 aromatic heterocycles. The number of nitrogens with zero attached hydrogens (tertiary/aromatic N) is 3. The average molecular weight is 347 g/mol. The Bertz CT molecular complexity index is 782. The first kappa shape index (κ1) is 17.2. The van der Waals surface area contributed by atoms with E-state index in [0.717, 1.165) is 5.39 Å². The minimum atomic E-state index is -0.802. The summed E-state index contributed by atoms with van der Waals surface area (Å²) >= 11 is 0. The quantitative estimate of drug-likeness (QED) is 0.801. The summed E-state index contributed by atoms with van der Waals surface area (Å²) in [5, 5.41) is 11.0. The Morgan fingerprint density at radius 2 is 1.96 bits per heavy atom. The molecule has 0 radical (unpaired) electrons. The Morgan fingerprint density at radius 3 is 2.64 bits per heavy atom. The molecule has 0 amide bonds. The molecule has 1 saturated heterocycles. The highest BCUT2D eigenvalue weighted by Crippen LogP contribution is 2.36. The van der Waals surface area contributed by atoms with Gasteiger partial charge in [-0.15, -0.1) is 0 Å². The zero-order valence-electron chi connectivity index (χ0n) is 14.4. The SMILES string of the molecule is CCOC(=O)C1CN(c2ncnc3cc(OC)c(OC)cc23)CC1O. The Morgan fingerprint density at radius 1 is 1.24 bits per heavy atom. The highest BCUT2D eigenvalue weighted by molar-refractivity contribution is 5.92. The van der Waals surface area contributed by atoms with E-state index in [9.17, 15) is 9.90 Å². The number of ether oxygens (including phenoxy) is 3. The van der Waals surface area contributed by atoms with Gasteiger partial charge in [0.15, 0.2) is 11.5 Å². The highest BCUT2D eigenvalue weighted by atomic mass is 16.5. The van der Waals surface area contributed by atoms with E-state index >= 15 is 0 Å². The van der Waals surface area contributed by atoms with Gasteiger partial charge in [0.2, 0.25) is 0 Å². The van der Waals surface area contributed by atoms with Gasteiger partial charge in [0.05, 0.1) is 32.4 Å². The van der Waals surface area contributed by atoms with Crippen molar-refractivity contribution in [1.82, 2.24) is 9.97 Å². The van der Waals surface area contributed by atoms with Gasteiger partial charge >= 0.3 is 5.97 Å². The maximum Gasteiger partial charge on any atom is 0.313 e. The van der Waals surface area contributed by atoms with E-state index in [1.807, 2.05) is 4.90 Å². The lowest BCUT2D eigenvalue weighted by molar-refractivity contribution is -0.150. The van der Waals surface area contributed by atoms with Crippen LogP contribution in [0.5, 0.6) is 11.5 Å². The molecule has 0 aliphatic carbocycles. The van der Waals surface area contributed by atoms with Crippen LogP contribution in [-0.4, -0.2) is 61.1 Å². The van der Waals surface area contributed by atoms with E-state index in [1.165, 1.54) is 6.33 Å². The minimum Gasteiger partial charge on any atom is -0.493 e. The van der Waals surface area contributed by atoms with Gasteiger partial charge in [0.25, 0.3) is 0 Å². The summed E-state index contributed by atoms with van der Waals surface area (Å²) in [4.78, 5) is 22.5. The van der Waals surface area contributed by atoms with Crippen LogP contribution in [-0.2, 0) is 9.53 Å². The van der Waals surface area contributed by atoms with Crippen LogP contribution >= 0.6 is 0 Å². The number of esters is 1. The summed E-state index contributed by atoms with van der Waals surface area (Å²) < 4.78 is 15.7. The minimum absolute atomic E-state index is 0.287. The summed E-state index contributed by atoms with van der Waals surface area (Å²) in [7, 11) is 3.12. The molecule has 8 nitrogen and oxygen atoms in total. The Balaban J connectivity index is 1.97. The lowest BCUT2D eigenvalue weighted by atomic mass is 10.1. The largest absolute Gasteiger partial charge is 0.493 e. The first-order chi connectivity index (χ1) is 12.1. The van der Waals surface area contributed by atoms with E-state index in [4.69, 9.17) is 14.2 Å². The molecular formula is C17H21N3O5. The van der Waals surface area contributed by atoms with E-state index in [0.29, 0.717) is 35.9 Å². The summed E-state index contributed by atoms with van der Waals surface area (Å²) in [6, 6.07) is 3.57. The van der Waals surface area contributed by atoms with Gasteiger partial charge in [-0.05, 0) is 13.0 Å². The molecule has 1 fully saturated rings. The van der Waals surface area contributed by atoms with Crippen LogP contribution in [0.1, 0.15) is 6.92 Å². The van der Waals surface area contributed by atoms with E-state index in [-0.39, 0.29) is 6.61 Å². The topological polar surface area (TPSA) is 94.0 Å². The molecule has 1 aliphatic heterocycles. The number of methoxy groups -OCH3 is 2. The van der Waals surface area contributed by atoms with Gasteiger partial charge in [-0.3, -0.25) is 4.79 Å². The highest BCUT2D eigenvalue weighted by Gasteiger charge is 2.38. The fourth-order valence-electron chi connectivity index (χ4n) is 3.06. The maximum absolute atomic E-state index is 12.0. The first-order valence-electron chi connectivity index (χ1n) is 8.05. The monoisotopic (exact) mass is 347 g/mol. The molecule has 3 rings (SSSR count). The molecule has 0 spiro atoms. The Labute approximate surface area is 145 Å². The van der Waals surface area contributed by atoms with Crippen molar-refractivity contribution in [2.45, 2.75) is 13.0 Å². The second kappa shape index (κ2) is 7.10. The van der Waals surface area contributed by atoms with Crippen molar-refractivity contribution in [3.05, 3.63) is 18.5 Å². The second-order valence-corrected chi connectivity index (χ2v) is 5.75. The molecule has 2 aromatic rings. The zero-order chi connectivity index (χ0) is 18.0. The van der Waals surface area contributed by atoms with Crippen molar-refractivity contribution in [1.29, 1.82) is 0 Å². The molecule has 1 aromatic carbocycles. The number of benzene rings is 1. The molecule has 1 aliphatic rings. The Kier molecular flexibility index (Phi) is 4.89. The number of β-amino-alcohol motifs (C(OH)–C–C–N with tert-alkyl or cyclic N) is 1. The first-order valence-corrected chi connectivity index (χ1v) is 8.05. The number of carbonyl (C=O) groups excluding carboxylic acids is 1. The summed E-state index contributed by atoms with van der Waals surface area (Å²) in [6.45, 7) is 2.66. The van der Waals surface area contributed by atoms with Crippen LogP contribution in [0.25, 0.3) is 10.9 Å². The van der Waals surface area contributed by atoms with Gasteiger partial charge in [0, 0.05) is 24.5 Å². The molecule has 2 heterocycles. The molecule has 0 bridgehead atoms. The van der Waals surface area contributed by atoms with Crippen molar-refractivity contribution in [2.24, 2.45) is 5.92 Å². The van der Waals surface area contributed by atoms with Crippen LogP contribution in [0.4, 0.5) is 5.82 Å². The predicted octanol–water partition coefficient (Wildman–Crippen LogP) is 1.01. The Hall–Kier alpha value is -2.61. The van der Waals surface area contributed by atoms with Crippen molar-refractivity contribution < 1.29 is 24.1 Å². The summed E-state index contributed by atoms with van der Waals surface area (Å²) in [5.74, 6) is 0.787. The lowest BCUT2D eigenvalue weighted by Crippen LogP contribution is -2.28. The third kappa shape index (κ3) is 3.17. The third-order valence-corrected chi connectivity index (χ3v) is 4.30. The third-order valence-electron chi connectivity index (χ3n) is 4.30. The van der Waals surface area contributed by atoms with E-state index < -0.39 is 18.0 Å². The number of aromatic nitrogens is 2. The molecule has 8 heteroatoms. The van der Waals surface area contributed by atoms with Crippen LogP contribution in [0, 0.1) is 5.92 Å². The molecular weight excluding hydrogens is 326 g/mol. The summed E-state index contributed by atoms with van der Waals surface area (Å²) in [6.07, 6.45) is 0.650. The molecule has 1 N–H and O–H groups in total. The summed E-state index contributed by atoms with van der Waals surface area (Å²) in [5.41, 5.74) is 0.691. The van der Waals surface area contributed by atoms with E-state index in [1.54, 1.807) is 33.3 Å². The lowest BCUT2D eigenvalue weighted by Gasteiger charge is -2.19. The molecule has 0 saturated carbocycles. The van der Waals surface area contributed by atoms with Crippen molar-refractivity contribution in [3.8, 4) is 11.5 Å². The molecule has 134 valence electrons. The van der Waals surface area contributed by atoms with Crippen LogP contribution in [0.3, 0.4) is 0 Å². The second-order valence-electron chi connectivity index (χ2n) is 5.75. The number of hydrogen-bond acceptors (Lipinski definition) is 8. The number of fused-ring (bicyclic) bond motifs is 1. The zero-order valence-corrected chi connectivity index (χ0v) is 14.4. The number of aliphatic hydroxyl groups is 1. The number of rotatable bonds is 5. The fraction of sp³-hybridized carbons (Fsp3) is 0.471. The number of carbonyl (C=O) groups is 1. The predicted molar refractivity (Wildman–Crippen MR) is 91.0 cm³/mol. The molecule has 2 atom stereocenters. The van der Waals surface area contributed by atoms with Gasteiger partial charge in [-0.25, -0.2) is 9.97 Å². The standard InChI is InChI=1S/C17H21N3O5/c1-4-25-17(22)11-7-20(8-13(11)21)16-10-5-14(23-2)15(24-3)6-12(10)18-9-19-16/h5-6,9,11,13,21H,4,7-8H2,1-3H3. The van der Waals surface area contributed by atoms with Gasteiger partial charge in [0.1, 0.15) is 18.1 Å². The smallest absolute Gasteiger partial charge is 0.313 e. The average Bonchev–Trinajstić information content (AvgIpc) is 3.01. The molecule has 2 unspecified atom stereocenters. The normalized spacial score (nSPS) is 19.9. The van der Waals surface area contributed by atoms with Crippen molar-refractivity contribution >= 4 is 22.7 Å². The number of hydrogen-bond donors (Lipinski definition) is 1. The van der Waals surface area contributed by atoms with E-state index in [2.05, 4.69) is 9.97 Å². The van der Waals surface area contributed by atoms with Gasteiger partial charge in [-0.2, -0.15) is 0 Å². The maximum atomic E-state index is 12.0. The van der Waals surface area contributed by atoms with Crippen molar-refractivity contribution in [3.63, 3.8) is 0 Å². The van der Waals surface area contributed by atoms with Gasteiger partial charge in [-0.1, -0.05) is 0 Å².